The van der Waals surface area contributed by atoms with Crippen LogP contribution in [-0.2, 0) is 0 Å². The maximum atomic E-state index is 11.6. The molecule has 0 aromatic heterocycles. The Hall–Kier alpha value is -1.19. The lowest BCUT2D eigenvalue weighted by Gasteiger charge is -2.08. The number of benzene rings is 1. The molecule has 0 saturated heterocycles. The first-order chi connectivity index (χ1) is 5.08. The number of rotatable bonds is 1. The van der Waals surface area contributed by atoms with Crippen LogP contribution in [0.2, 0.25) is 0 Å². The third-order valence-corrected chi connectivity index (χ3v) is 1.00. The predicted octanol–water partition coefficient (Wildman–Crippen LogP) is 2.42. The molecule has 59 valence electrons. The molecule has 0 amide bonds. The van der Waals surface area contributed by atoms with Gasteiger partial charge >= 0.3 is 6.30 Å². The van der Waals surface area contributed by atoms with Crippen molar-refractivity contribution >= 4 is 5.69 Å². The van der Waals surface area contributed by atoms with E-state index >= 15 is 0 Å². The molecule has 0 atom stereocenters. The first-order valence-corrected chi connectivity index (χ1v) is 2.89. The summed E-state index contributed by atoms with van der Waals surface area (Å²) in [5.74, 6) is 0. The van der Waals surface area contributed by atoms with Crippen molar-refractivity contribution in [2.75, 3.05) is 5.32 Å². The van der Waals surface area contributed by atoms with Crippen LogP contribution in [0.5, 0.6) is 0 Å². The van der Waals surface area contributed by atoms with Crippen LogP contribution in [0.1, 0.15) is 0 Å². The smallest absolute Gasteiger partial charge is 0.298 e. The Kier molecular flexibility index (Phi) is 2.03. The number of alkyl halides is 3. The van der Waals surface area contributed by atoms with E-state index in [0.29, 0.717) is 0 Å². The van der Waals surface area contributed by atoms with Crippen LogP contribution in [0.3, 0.4) is 0 Å². The molecule has 11 heavy (non-hydrogen) atoms. The Morgan fingerprint density at radius 1 is 1.18 bits per heavy atom. The molecule has 0 heterocycles. The number of halogens is 3. The fourth-order valence-electron chi connectivity index (χ4n) is 0.634. The average Bonchev–Trinajstić information content (AvgIpc) is 1.85. The maximum Gasteiger partial charge on any atom is 0.482 e. The van der Waals surface area contributed by atoms with E-state index in [1.807, 2.05) is 0 Å². The summed E-state index contributed by atoms with van der Waals surface area (Å²) in [6.07, 6.45) is -4.36. The molecule has 1 aromatic carbocycles. The Morgan fingerprint density at radius 3 is 2.18 bits per heavy atom. The molecule has 1 nitrogen and oxygen atoms in total. The molecule has 0 aliphatic rings. The molecule has 0 fully saturated rings. The van der Waals surface area contributed by atoms with E-state index in [1.165, 1.54) is 29.6 Å². The van der Waals surface area contributed by atoms with Crippen LogP contribution in [0, 0.1) is 6.07 Å². The molecule has 1 N–H and O–H groups in total. The van der Waals surface area contributed by atoms with Crippen molar-refractivity contribution in [1.29, 1.82) is 0 Å². The first-order valence-electron chi connectivity index (χ1n) is 2.89. The quantitative estimate of drug-likeness (QED) is 0.622. The Morgan fingerprint density at radius 2 is 1.73 bits per heavy atom. The fraction of sp³-hybridized carbons (Fsp3) is 0.143. The highest BCUT2D eigenvalue weighted by atomic mass is 19.4. The van der Waals surface area contributed by atoms with Gasteiger partial charge in [-0.15, -0.1) is 0 Å². The molecular weight excluding hydrogens is 155 g/mol. The lowest BCUT2D eigenvalue weighted by molar-refractivity contribution is -0.0999. The molecule has 0 spiro atoms. The summed E-state index contributed by atoms with van der Waals surface area (Å²) in [7, 11) is 0. The minimum atomic E-state index is -4.36. The molecule has 0 aliphatic heterocycles. The SMILES string of the molecule is FC(F)(F)Nc1cc[c]cc1. The Bertz CT molecular complexity index is 217. The van der Waals surface area contributed by atoms with Crippen molar-refractivity contribution in [3.63, 3.8) is 0 Å². The van der Waals surface area contributed by atoms with Gasteiger partial charge in [-0.2, -0.15) is 13.2 Å². The number of hydrogen-bond acceptors (Lipinski definition) is 1. The molecule has 0 unspecified atom stereocenters. The van der Waals surface area contributed by atoms with E-state index in [4.69, 9.17) is 0 Å². The van der Waals surface area contributed by atoms with Crippen LogP contribution in [0.25, 0.3) is 0 Å². The van der Waals surface area contributed by atoms with Gasteiger partial charge in [-0.05, 0) is 18.2 Å². The summed E-state index contributed by atoms with van der Waals surface area (Å²) in [4.78, 5) is 0. The molecule has 0 aliphatic carbocycles. The summed E-state index contributed by atoms with van der Waals surface area (Å²) in [6, 6.07) is 8.03. The third kappa shape index (κ3) is 2.93. The van der Waals surface area contributed by atoms with Crippen LogP contribution in [0.4, 0.5) is 18.9 Å². The molecule has 4 heteroatoms. The van der Waals surface area contributed by atoms with Crippen molar-refractivity contribution in [3.8, 4) is 0 Å². The van der Waals surface area contributed by atoms with Gasteiger partial charge in [-0.3, -0.25) is 5.32 Å². The molecule has 1 rings (SSSR count). The number of anilines is 1. The van der Waals surface area contributed by atoms with Crippen molar-refractivity contribution in [1.82, 2.24) is 0 Å². The van der Waals surface area contributed by atoms with Gasteiger partial charge in [-0.1, -0.05) is 12.1 Å². The lowest BCUT2D eigenvalue weighted by Crippen LogP contribution is -2.20. The van der Waals surface area contributed by atoms with E-state index < -0.39 is 6.30 Å². The van der Waals surface area contributed by atoms with Crippen LogP contribution >= 0.6 is 0 Å². The highest BCUT2D eigenvalue weighted by Gasteiger charge is 2.26. The second-order valence-corrected chi connectivity index (χ2v) is 1.91. The summed E-state index contributed by atoms with van der Waals surface area (Å²) >= 11 is 0. The van der Waals surface area contributed by atoms with Crippen LogP contribution < -0.4 is 5.32 Å². The number of nitrogens with one attached hydrogen (secondary N) is 1. The molecule has 1 radical (unpaired) electrons. The first kappa shape index (κ1) is 7.91. The van der Waals surface area contributed by atoms with E-state index in [2.05, 4.69) is 6.07 Å². The predicted molar refractivity (Wildman–Crippen MR) is 35.0 cm³/mol. The highest BCUT2D eigenvalue weighted by Crippen LogP contribution is 2.18. The average molecular weight is 160 g/mol. The van der Waals surface area contributed by atoms with Crippen molar-refractivity contribution < 1.29 is 13.2 Å². The summed E-state index contributed by atoms with van der Waals surface area (Å²) in [5.41, 5.74) is 0.0243. The largest absolute Gasteiger partial charge is 0.482 e. The van der Waals surface area contributed by atoms with Gasteiger partial charge in [0.05, 0.1) is 0 Å². The summed E-state index contributed by atoms with van der Waals surface area (Å²) in [5, 5.41) is 1.36. The maximum absolute atomic E-state index is 11.6. The van der Waals surface area contributed by atoms with Crippen molar-refractivity contribution in [3.05, 3.63) is 30.3 Å². The van der Waals surface area contributed by atoms with E-state index in [0.717, 1.165) is 0 Å². The van der Waals surface area contributed by atoms with E-state index in [1.54, 1.807) is 0 Å². The topological polar surface area (TPSA) is 12.0 Å². The second kappa shape index (κ2) is 2.82. The van der Waals surface area contributed by atoms with Gasteiger partial charge in [-0.25, -0.2) is 0 Å². The monoisotopic (exact) mass is 160 g/mol. The summed E-state index contributed by atoms with van der Waals surface area (Å²) in [6.45, 7) is 0. The fourth-order valence-corrected chi connectivity index (χ4v) is 0.634. The highest BCUT2D eigenvalue weighted by molar-refractivity contribution is 5.42. The summed E-state index contributed by atoms with van der Waals surface area (Å²) < 4.78 is 34.9. The molecular formula is C7H5F3N. The molecule has 0 saturated carbocycles. The zero-order valence-corrected chi connectivity index (χ0v) is 5.44. The lowest BCUT2D eigenvalue weighted by atomic mass is 10.3. The van der Waals surface area contributed by atoms with Gasteiger partial charge in [0.15, 0.2) is 0 Å². The Balaban J connectivity index is 2.66. The zero-order chi connectivity index (χ0) is 8.32. The molecule has 0 bridgehead atoms. The molecule has 1 aromatic rings. The van der Waals surface area contributed by atoms with Crippen LogP contribution in [0.15, 0.2) is 24.3 Å². The normalized spacial score (nSPS) is 11.2. The zero-order valence-electron chi connectivity index (χ0n) is 5.44. The minimum Gasteiger partial charge on any atom is -0.298 e. The van der Waals surface area contributed by atoms with Gasteiger partial charge < -0.3 is 0 Å². The van der Waals surface area contributed by atoms with E-state index in [-0.39, 0.29) is 5.69 Å². The third-order valence-electron chi connectivity index (χ3n) is 1.00. The number of hydrogen-bond donors (Lipinski definition) is 1. The van der Waals surface area contributed by atoms with Gasteiger partial charge in [0.2, 0.25) is 0 Å². The Labute approximate surface area is 61.8 Å². The van der Waals surface area contributed by atoms with Gasteiger partial charge in [0.25, 0.3) is 0 Å². The van der Waals surface area contributed by atoms with Crippen molar-refractivity contribution in [2.45, 2.75) is 6.30 Å². The standard InChI is InChI=1S/C7H5F3N/c8-7(9,10)11-6-4-2-1-3-5-6/h2-5,11H. The van der Waals surface area contributed by atoms with Crippen molar-refractivity contribution in [2.24, 2.45) is 0 Å². The minimum absolute atomic E-state index is 0.0243. The van der Waals surface area contributed by atoms with E-state index in [9.17, 15) is 13.2 Å². The van der Waals surface area contributed by atoms with Gasteiger partial charge in [0, 0.05) is 5.69 Å². The second-order valence-electron chi connectivity index (χ2n) is 1.91. The van der Waals surface area contributed by atoms with Crippen LogP contribution in [-0.4, -0.2) is 6.30 Å². The van der Waals surface area contributed by atoms with Gasteiger partial charge in [0.1, 0.15) is 0 Å².